The number of amides is 2. The van der Waals surface area contributed by atoms with Crippen LogP contribution in [0, 0.1) is 0 Å². The number of anilines is 1. The normalized spacial score (nSPS) is 25.4. The molecule has 2 saturated heterocycles. The first-order chi connectivity index (χ1) is 10.6. The van der Waals surface area contributed by atoms with Crippen LogP contribution in [0.3, 0.4) is 0 Å². The van der Waals surface area contributed by atoms with Gasteiger partial charge in [0.05, 0.1) is 19.7 Å². The Morgan fingerprint density at radius 2 is 2.18 bits per heavy atom. The number of hydrogen-bond donors (Lipinski definition) is 0. The summed E-state index contributed by atoms with van der Waals surface area (Å²) in [6, 6.07) is 6.04. The van der Waals surface area contributed by atoms with E-state index in [1.54, 1.807) is 19.0 Å². The van der Waals surface area contributed by atoms with Crippen LogP contribution in [0.4, 0.5) is 10.6 Å². The van der Waals surface area contributed by atoms with Crippen molar-refractivity contribution >= 4 is 11.8 Å². The third kappa shape index (κ3) is 3.02. The first-order valence-electron chi connectivity index (χ1n) is 7.86. The number of morpholine rings is 1. The summed E-state index contributed by atoms with van der Waals surface area (Å²) in [4.78, 5) is 22.5. The van der Waals surface area contributed by atoms with Gasteiger partial charge in [0, 0.05) is 33.4 Å². The Balaban J connectivity index is 1.73. The molecule has 2 aliphatic rings. The highest BCUT2D eigenvalue weighted by Crippen LogP contribution is 2.31. The van der Waals surface area contributed by atoms with Gasteiger partial charge in [0.25, 0.3) is 0 Å². The van der Waals surface area contributed by atoms with Crippen molar-refractivity contribution in [3.63, 3.8) is 0 Å². The summed E-state index contributed by atoms with van der Waals surface area (Å²) < 4.78 is 6.14. The zero-order valence-corrected chi connectivity index (χ0v) is 13.4. The van der Waals surface area contributed by atoms with Gasteiger partial charge in [0.1, 0.15) is 11.4 Å². The maximum absolute atomic E-state index is 12.2. The molecular weight excluding hydrogens is 280 g/mol. The number of carbonyl (C=O) groups is 1. The fourth-order valence-corrected chi connectivity index (χ4v) is 3.37. The molecule has 0 N–H and O–H groups in total. The highest BCUT2D eigenvalue weighted by Gasteiger charge is 2.42. The van der Waals surface area contributed by atoms with E-state index in [0.717, 1.165) is 31.7 Å². The molecule has 3 heterocycles. The second-order valence-corrected chi connectivity index (χ2v) is 6.34. The average Bonchev–Trinajstić information content (AvgIpc) is 2.55. The molecule has 1 unspecified atom stereocenters. The van der Waals surface area contributed by atoms with E-state index < -0.39 is 0 Å². The van der Waals surface area contributed by atoms with Crippen LogP contribution in [0.5, 0.6) is 0 Å². The number of rotatable bonds is 1. The van der Waals surface area contributed by atoms with Gasteiger partial charge in [-0.15, -0.1) is 0 Å². The lowest BCUT2D eigenvalue weighted by Crippen LogP contribution is -2.61. The van der Waals surface area contributed by atoms with Crippen LogP contribution in [-0.2, 0) is 4.74 Å². The highest BCUT2D eigenvalue weighted by molar-refractivity contribution is 5.74. The van der Waals surface area contributed by atoms with Crippen molar-refractivity contribution in [2.24, 2.45) is 0 Å². The summed E-state index contributed by atoms with van der Waals surface area (Å²) >= 11 is 0. The van der Waals surface area contributed by atoms with Crippen molar-refractivity contribution in [2.45, 2.75) is 18.4 Å². The van der Waals surface area contributed by atoms with Gasteiger partial charge >= 0.3 is 6.03 Å². The zero-order chi connectivity index (χ0) is 15.6. The molecule has 1 aromatic heterocycles. The van der Waals surface area contributed by atoms with Crippen molar-refractivity contribution in [1.82, 2.24) is 14.8 Å². The van der Waals surface area contributed by atoms with Crippen LogP contribution in [-0.4, -0.2) is 73.3 Å². The predicted octanol–water partition coefficient (Wildman–Crippen LogP) is 1.43. The van der Waals surface area contributed by atoms with Gasteiger partial charge in [-0.25, -0.2) is 9.78 Å². The van der Waals surface area contributed by atoms with E-state index >= 15 is 0 Å². The van der Waals surface area contributed by atoms with Gasteiger partial charge in [-0.05, 0) is 25.0 Å². The molecule has 2 fully saturated rings. The number of nitrogens with zero attached hydrogens (tertiary/aromatic N) is 4. The minimum absolute atomic E-state index is 0.0673. The largest absolute Gasteiger partial charge is 0.369 e. The van der Waals surface area contributed by atoms with Crippen molar-refractivity contribution in [3.8, 4) is 0 Å². The molecule has 1 atom stereocenters. The van der Waals surface area contributed by atoms with Crippen LogP contribution in [0.1, 0.15) is 12.8 Å². The van der Waals surface area contributed by atoms with E-state index in [1.807, 2.05) is 29.3 Å². The summed E-state index contributed by atoms with van der Waals surface area (Å²) in [6.07, 6.45) is 3.87. The van der Waals surface area contributed by atoms with E-state index in [9.17, 15) is 4.79 Å². The van der Waals surface area contributed by atoms with Gasteiger partial charge in [0.15, 0.2) is 0 Å². The molecule has 2 aliphatic heterocycles. The van der Waals surface area contributed by atoms with Crippen LogP contribution in [0.15, 0.2) is 24.4 Å². The average molecular weight is 304 g/mol. The Morgan fingerprint density at radius 3 is 2.91 bits per heavy atom. The molecule has 2 amide bonds. The van der Waals surface area contributed by atoms with Crippen LogP contribution in [0.25, 0.3) is 0 Å². The summed E-state index contributed by atoms with van der Waals surface area (Å²) in [5.74, 6) is 0.987. The topological polar surface area (TPSA) is 48.9 Å². The Morgan fingerprint density at radius 1 is 1.32 bits per heavy atom. The van der Waals surface area contributed by atoms with Crippen LogP contribution in [0.2, 0.25) is 0 Å². The maximum Gasteiger partial charge on any atom is 0.319 e. The Kier molecular flexibility index (Phi) is 4.20. The molecule has 0 radical (unpaired) electrons. The highest BCUT2D eigenvalue weighted by atomic mass is 16.5. The molecule has 0 aromatic carbocycles. The van der Waals surface area contributed by atoms with Crippen LogP contribution >= 0.6 is 0 Å². The SMILES string of the molecule is CN(C)C(=O)N1CCOC2(CCCN(c3ccccn3)C2)C1. The monoisotopic (exact) mass is 304 g/mol. The van der Waals surface area contributed by atoms with Gasteiger partial charge in [-0.1, -0.05) is 6.07 Å². The quantitative estimate of drug-likeness (QED) is 0.787. The number of aromatic nitrogens is 1. The number of hydrogen-bond acceptors (Lipinski definition) is 4. The van der Waals surface area contributed by atoms with Gasteiger partial charge in [-0.2, -0.15) is 0 Å². The lowest BCUT2D eigenvalue weighted by Gasteiger charge is -2.48. The fraction of sp³-hybridized carbons (Fsp3) is 0.625. The predicted molar refractivity (Wildman–Crippen MR) is 85.0 cm³/mol. The third-order valence-electron chi connectivity index (χ3n) is 4.41. The number of pyridine rings is 1. The molecule has 3 rings (SSSR count). The number of carbonyl (C=O) groups excluding carboxylic acids is 1. The summed E-state index contributed by atoms with van der Waals surface area (Å²) in [7, 11) is 3.59. The Hall–Kier alpha value is -1.82. The van der Waals surface area contributed by atoms with Crippen LogP contribution < -0.4 is 4.90 Å². The first-order valence-corrected chi connectivity index (χ1v) is 7.86. The standard InChI is InChI=1S/C16H24N4O2/c1-18(2)15(21)20-10-11-22-16(13-20)7-5-9-19(12-16)14-6-3-4-8-17-14/h3-4,6,8H,5,7,9-13H2,1-2H3. The minimum atomic E-state index is -0.264. The number of piperidine rings is 1. The van der Waals surface area contributed by atoms with E-state index in [1.165, 1.54) is 0 Å². The first kappa shape index (κ1) is 15.1. The zero-order valence-electron chi connectivity index (χ0n) is 13.4. The lowest BCUT2D eigenvalue weighted by molar-refractivity contribution is -0.104. The minimum Gasteiger partial charge on any atom is -0.369 e. The Bertz CT molecular complexity index is 518. The van der Waals surface area contributed by atoms with Crippen molar-refractivity contribution in [3.05, 3.63) is 24.4 Å². The van der Waals surface area contributed by atoms with Crippen molar-refractivity contribution in [1.29, 1.82) is 0 Å². The smallest absolute Gasteiger partial charge is 0.319 e. The summed E-state index contributed by atoms with van der Waals surface area (Å²) in [5, 5.41) is 0. The van der Waals surface area contributed by atoms with Crippen molar-refractivity contribution < 1.29 is 9.53 Å². The van der Waals surface area contributed by atoms with Gasteiger partial charge in [0.2, 0.25) is 0 Å². The molecule has 0 bridgehead atoms. The molecular formula is C16H24N4O2. The van der Waals surface area contributed by atoms with E-state index in [4.69, 9.17) is 4.74 Å². The molecule has 0 saturated carbocycles. The van der Waals surface area contributed by atoms with E-state index in [2.05, 4.69) is 9.88 Å². The van der Waals surface area contributed by atoms with Crippen molar-refractivity contribution in [2.75, 3.05) is 51.8 Å². The second kappa shape index (κ2) is 6.12. The Labute approximate surface area is 131 Å². The molecule has 6 heteroatoms. The molecule has 1 spiro atoms. The lowest BCUT2D eigenvalue weighted by atomic mass is 9.90. The van der Waals surface area contributed by atoms with E-state index in [0.29, 0.717) is 19.7 Å². The fourth-order valence-electron chi connectivity index (χ4n) is 3.37. The molecule has 6 nitrogen and oxygen atoms in total. The molecule has 120 valence electrons. The summed E-state index contributed by atoms with van der Waals surface area (Å²) in [6.45, 7) is 3.72. The van der Waals surface area contributed by atoms with Gasteiger partial charge < -0.3 is 19.4 Å². The maximum atomic E-state index is 12.2. The third-order valence-corrected chi connectivity index (χ3v) is 4.41. The molecule has 1 aromatic rings. The summed E-state index contributed by atoms with van der Waals surface area (Å²) in [5.41, 5.74) is -0.264. The second-order valence-electron chi connectivity index (χ2n) is 6.34. The molecule has 0 aliphatic carbocycles. The molecule has 22 heavy (non-hydrogen) atoms. The van der Waals surface area contributed by atoms with E-state index in [-0.39, 0.29) is 11.6 Å². The number of ether oxygens (including phenoxy) is 1. The van der Waals surface area contributed by atoms with Gasteiger partial charge in [-0.3, -0.25) is 0 Å². The number of urea groups is 1.